The van der Waals surface area contributed by atoms with Crippen LogP contribution in [0.4, 0.5) is 10.8 Å². The molecule has 37 heavy (non-hydrogen) atoms. The molecule has 0 atom stereocenters. The molecule has 0 fully saturated rings. The van der Waals surface area contributed by atoms with E-state index < -0.39 is 0 Å². The van der Waals surface area contributed by atoms with Gasteiger partial charge < -0.3 is 5.32 Å². The van der Waals surface area contributed by atoms with E-state index in [1.165, 1.54) is 11.3 Å². The molecule has 0 spiro atoms. The monoisotopic (exact) mass is 499 g/mol. The third kappa shape index (κ3) is 4.83. The molecule has 0 unspecified atom stereocenters. The van der Waals surface area contributed by atoms with Gasteiger partial charge in [0, 0.05) is 27.8 Å². The van der Waals surface area contributed by atoms with Crippen molar-refractivity contribution in [2.24, 2.45) is 0 Å². The first kappa shape index (κ1) is 22.6. The van der Waals surface area contributed by atoms with Crippen molar-refractivity contribution < 1.29 is 9.59 Å². The Morgan fingerprint density at radius 2 is 1.19 bits per heavy atom. The zero-order chi connectivity index (χ0) is 25.2. The predicted molar refractivity (Wildman–Crippen MR) is 151 cm³/mol. The summed E-state index contributed by atoms with van der Waals surface area (Å²) in [5, 5.41) is 12.5. The summed E-state index contributed by atoms with van der Waals surface area (Å²) in [4.78, 5) is 30.3. The lowest BCUT2D eigenvalue weighted by Crippen LogP contribution is -2.12. The fourth-order valence-corrected chi connectivity index (χ4v) is 4.97. The van der Waals surface area contributed by atoms with Gasteiger partial charge in [0.1, 0.15) is 0 Å². The van der Waals surface area contributed by atoms with E-state index in [2.05, 4.69) is 15.6 Å². The van der Waals surface area contributed by atoms with E-state index in [0.29, 0.717) is 21.9 Å². The van der Waals surface area contributed by atoms with Crippen LogP contribution in [-0.4, -0.2) is 16.8 Å². The summed E-state index contributed by atoms with van der Waals surface area (Å²) < 4.78 is 0. The van der Waals surface area contributed by atoms with Gasteiger partial charge in [-0.25, -0.2) is 4.98 Å². The second kappa shape index (κ2) is 9.68. The molecule has 0 saturated carbocycles. The van der Waals surface area contributed by atoms with Gasteiger partial charge in [0.05, 0.1) is 5.69 Å². The number of benzene rings is 5. The summed E-state index contributed by atoms with van der Waals surface area (Å²) in [7, 11) is 0. The van der Waals surface area contributed by atoms with E-state index in [0.717, 1.165) is 32.8 Å². The zero-order valence-electron chi connectivity index (χ0n) is 19.6. The second-order valence-corrected chi connectivity index (χ2v) is 9.51. The number of anilines is 2. The topological polar surface area (TPSA) is 71.1 Å². The maximum atomic E-state index is 12.9. The van der Waals surface area contributed by atoms with Gasteiger partial charge in [0.25, 0.3) is 11.8 Å². The normalized spacial score (nSPS) is 10.9. The Morgan fingerprint density at radius 1 is 0.595 bits per heavy atom. The van der Waals surface area contributed by atoms with Crippen molar-refractivity contribution in [2.45, 2.75) is 0 Å². The van der Waals surface area contributed by atoms with Crippen molar-refractivity contribution in [1.29, 1.82) is 0 Å². The van der Waals surface area contributed by atoms with Crippen molar-refractivity contribution in [3.8, 4) is 11.3 Å². The number of carbonyl (C=O) groups is 2. The lowest BCUT2D eigenvalue weighted by molar-refractivity contribution is 0.101. The zero-order valence-corrected chi connectivity index (χ0v) is 20.5. The van der Waals surface area contributed by atoms with Gasteiger partial charge >= 0.3 is 0 Å². The van der Waals surface area contributed by atoms with Crippen molar-refractivity contribution in [3.05, 3.63) is 126 Å². The minimum absolute atomic E-state index is 0.176. The highest BCUT2D eigenvalue weighted by molar-refractivity contribution is 7.14. The molecule has 6 heteroatoms. The second-order valence-electron chi connectivity index (χ2n) is 8.65. The fraction of sp³-hybridized carbons (Fsp3) is 0. The van der Waals surface area contributed by atoms with Gasteiger partial charge in [0.2, 0.25) is 0 Å². The molecule has 0 aliphatic carbocycles. The summed E-state index contributed by atoms with van der Waals surface area (Å²) in [6.45, 7) is 0. The Labute approximate surface area is 217 Å². The number of amides is 2. The average Bonchev–Trinajstić information content (AvgIpc) is 3.41. The fourth-order valence-electron chi connectivity index (χ4n) is 4.25. The molecule has 0 bridgehead atoms. The van der Waals surface area contributed by atoms with E-state index in [9.17, 15) is 9.59 Å². The van der Waals surface area contributed by atoms with Crippen LogP contribution in [0, 0.1) is 0 Å². The number of nitrogens with zero attached hydrogens (tertiary/aromatic N) is 1. The Morgan fingerprint density at radius 3 is 1.84 bits per heavy atom. The van der Waals surface area contributed by atoms with Gasteiger partial charge in [-0.3, -0.25) is 14.9 Å². The number of hydrogen-bond acceptors (Lipinski definition) is 4. The molecule has 1 aromatic heterocycles. The number of thiazole rings is 1. The van der Waals surface area contributed by atoms with Crippen LogP contribution >= 0.6 is 11.3 Å². The van der Waals surface area contributed by atoms with Gasteiger partial charge in [0.15, 0.2) is 5.13 Å². The molecule has 0 radical (unpaired) electrons. The van der Waals surface area contributed by atoms with Crippen molar-refractivity contribution >= 4 is 55.5 Å². The van der Waals surface area contributed by atoms with Crippen LogP contribution in [-0.2, 0) is 0 Å². The van der Waals surface area contributed by atoms with Crippen LogP contribution in [0.5, 0.6) is 0 Å². The van der Waals surface area contributed by atoms with Gasteiger partial charge in [-0.2, -0.15) is 0 Å². The summed E-state index contributed by atoms with van der Waals surface area (Å²) in [5.74, 6) is -0.382. The lowest BCUT2D eigenvalue weighted by Gasteiger charge is -2.08. The summed E-state index contributed by atoms with van der Waals surface area (Å²) in [5.41, 5.74) is 3.41. The minimum Gasteiger partial charge on any atom is -0.322 e. The van der Waals surface area contributed by atoms with Crippen LogP contribution in [0.3, 0.4) is 0 Å². The van der Waals surface area contributed by atoms with E-state index >= 15 is 0 Å². The minimum atomic E-state index is -0.206. The number of rotatable bonds is 5. The quantitative estimate of drug-likeness (QED) is 0.256. The number of aromatic nitrogens is 1. The average molecular weight is 500 g/mol. The molecule has 0 aliphatic heterocycles. The number of nitrogens with one attached hydrogen (secondary N) is 2. The molecular formula is C31H21N3O2S. The van der Waals surface area contributed by atoms with E-state index in [-0.39, 0.29) is 11.8 Å². The number of carbonyl (C=O) groups excluding carboxylic acids is 2. The first-order valence-electron chi connectivity index (χ1n) is 11.8. The van der Waals surface area contributed by atoms with Gasteiger partial charge in [-0.05, 0) is 57.9 Å². The first-order chi connectivity index (χ1) is 18.1. The molecule has 1 heterocycles. The van der Waals surface area contributed by atoms with Crippen LogP contribution in [0.1, 0.15) is 20.7 Å². The summed E-state index contributed by atoms with van der Waals surface area (Å²) in [6.07, 6.45) is 0. The number of hydrogen-bond donors (Lipinski definition) is 2. The Hall–Kier alpha value is -4.81. The Balaban J connectivity index is 1.17. The van der Waals surface area contributed by atoms with Crippen LogP contribution in [0.25, 0.3) is 32.8 Å². The maximum absolute atomic E-state index is 12.9. The Bertz CT molecular complexity index is 1790. The molecule has 5 aromatic carbocycles. The molecular weight excluding hydrogens is 478 g/mol. The van der Waals surface area contributed by atoms with E-state index in [4.69, 9.17) is 0 Å². The van der Waals surface area contributed by atoms with Gasteiger partial charge in [-0.1, -0.05) is 72.8 Å². The summed E-state index contributed by atoms with van der Waals surface area (Å²) in [6, 6.07) is 34.7. The van der Waals surface area contributed by atoms with E-state index in [1.54, 1.807) is 0 Å². The smallest absolute Gasteiger partial charge is 0.257 e. The van der Waals surface area contributed by atoms with Gasteiger partial charge in [-0.15, -0.1) is 11.3 Å². The highest BCUT2D eigenvalue weighted by Crippen LogP contribution is 2.28. The number of fused-ring (bicyclic) bond motifs is 2. The standard InChI is InChI=1S/C31H21N3O2S/c35-29(25-14-12-20-6-1-3-8-22(20)16-25)32-27-11-5-10-24(18-27)28-19-37-31(33-28)34-30(36)26-15-13-21-7-2-4-9-23(21)17-26/h1-19H,(H,32,35)(H,33,34,36). The van der Waals surface area contributed by atoms with Crippen LogP contribution in [0.2, 0.25) is 0 Å². The third-order valence-corrected chi connectivity index (χ3v) is 6.92. The van der Waals surface area contributed by atoms with Crippen molar-refractivity contribution in [3.63, 3.8) is 0 Å². The molecule has 0 saturated heterocycles. The molecule has 2 amide bonds. The largest absolute Gasteiger partial charge is 0.322 e. The highest BCUT2D eigenvalue weighted by Gasteiger charge is 2.12. The SMILES string of the molecule is O=C(Nc1cccc(-c2csc(NC(=O)c3ccc4ccccc4c3)n2)c1)c1ccc2ccccc2c1. The highest BCUT2D eigenvalue weighted by atomic mass is 32.1. The van der Waals surface area contributed by atoms with Crippen LogP contribution < -0.4 is 10.6 Å². The molecule has 6 aromatic rings. The molecule has 178 valence electrons. The third-order valence-electron chi connectivity index (χ3n) is 6.16. The predicted octanol–water partition coefficient (Wildman–Crippen LogP) is 7.62. The molecule has 0 aliphatic rings. The summed E-state index contributed by atoms with van der Waals surface area (Å²) >= 11 is 1.36. The molecule has 6 rings (SSSR count). The maximum Gasteiger partial charge on any atom is 0.257 e. The van der Waals surface area contributed by atoms with Crippen molar-refractivity contribution in [1.82, 2.24) is 4.98 Å². The Kier molecular flexibility index (Phi) is 5.92. The van der Waals surface area contributed by atoms with Crippen molar-refractivity contribution in [2.75, 3.05) is 10.6 Å². The molecule has 2 N–H and O–H groups in total. The van der Waals surface area contributed by atoms with E-state index in [1.807, 2.05) is 115 Å². The first-order valence-corrected chi connectivity index (χ1v) is 12.7. The van der Waals surface area contributed by atoms with Crippen LogP contribution in [0.15, 0.2) is 115 Å². The molecule has 5 nitrogen and oxygen atoms in total. The lowest BCUT2D eigenvalue weighted by atomic mass is 10.1.